The fourth-order valence-electron chi connectivity index (χ4n) is 1.93. The molecule has 0 saturated heterocycles. The Morgan fingerprint density at radius 1 is 1.41 bits per heavy atom. The van der Waals surface area contributed by atoms with Crippen molar-refractivity contribution in [2.45, 2.75) is 20.4 Å². The van der Waals surface area contributed by atoms with Crippen LogP contribution in [-0.4, -0.2) is 37.2 Å². The van der Waals surface area contributed by atoms with Gasteiger partial charge in [-0.1, -0.05) is 6.92 Å². The second kappa shape index (κ2) is 6.61. The average molecular weight is 241 g/mol. The van der Waals surface area contributed by atoms with Gasteiger partial charge in [0.05, 0.1) is 18.4 Å². The summed E-state index contributed by atoms with van der Waals surface area (Å²) in [5, 5.41) is 7.74. The smallest absolute Gasteiger partial charge is 0.216 e. The first-order valence-corrected chi connectivity index (χ1v) is 5.86. The highest BCUT2D eigenvalue weighted by molar-refractivity contribution is 5.30. The van der Waals surface area contributed by atoms with Gasteiger partial charge in [0.2, 0.25) is 5.88 Å². The number of nitrogens with one attached hydrogen (secondary N) is 1. The first-order chi connectivity index (χ1) is 8.10. The van der Waals surface area contributed by atoms with Crippen molar-refractivity contribution < 1.29 is 9.47 Å². The minimum absolute atomic E-state index is 0.503. The second-order valence-corrected chi connectivity index (χ2v) is 4.39. The van der Waals surface area contributed by atoms with E-state index in [-0.39, 0.29) is 0 Å². The van der Waals surface area contributed by atoms with Gasteiger partial charge in [-0.15, -0.1) is 0 Å². The number of nitrogens with zero attached hydrogens (tertiary/aromatic N) is 2. The Balaban J connectivity index is 2.51. The van der Waals surface area contributed by atoms with Gasteiger partial charge in [0.15, 0.2) is 0 Å². The van der Waals surface area contributed by atoms with E-state index in [0.717, 1.165) is 36.8 Å². The molecule has 5 nitrogen and oxygen atoms in total. The molecule has 0 bridgehead atoms. The number of hydrogen-bond donors (Lipinski definition) is 1. The molecule has 1 atom stereocenters. The van der Waals surface area contributed by atoms with Crippen LogP contribution in [-0.2, 0) is 18.3 Å². The maximum absolute atomic E-state index is 5.34. The molecule has 1 aromatic rings. The quantitative estimate of drug-likeness (QED) is 0.777. The van der Waals surface area contributed by atoms with Crippen LogP contribution in [0.2, 0.25) is 0 Å². The third-order valence-electron chi connectivity index (χ3n) is 2.73. The molecule has 0 radical (unpaired) electrons. The molecular weight excluding hydrogens is 218 g/mol. The number of aromatic nitrogens is 2. The summed E-state index contributed by atoms with van der Waals surface area (Å²) in [4.78, 5) is 0. The van der Waals surface area contributed by atoms with Crippen LogP contribution in [0, 0.1) is 12.8 Å². The van der Waals surface area contributed by atoms with Crippen LogP contribution in [0.3, 0.4) is 0 Å². The minimum atomic E-state index is 0.503. The summed E-state index contributed by atoms with van der Waals surface area (Å²) in [6, 6.07) is 0. The second-order valence-electron chi connectivity index (χ2n) is 4.39. The number of rotatable bonds is 7. The summed E-state index contributed by atoms with van der Waals surface area (Å²) in [5.41, 5.74) is 2.14. The van der Waals surface area contributed by atoms with Gasteiger partial charge in [-0.2, -0.15) is 5.10 Å². The molecule has 1 aromatic heterocycles. The summed E-state index contributed by atoms with van der Waals surface area (Å²) in [6.45, 7) is 6.63. The fraction of sp³-hybridized carbons (Fsp3) is 0.750. The van der Waals surface area contributed by atoms with Crippen molar-refractivity contribution in [2.75, 3.05) is 27.4 Å². The molecule has 98 valence electrons. The molecule has 0 aliphatic rings. The Morgan fingerprint density at radius 2 is 2.12 bits per heavy atom. The van der Waals surface area contributed by atoms with Gasteiger partial charge in [-0.3, -0.25) is 0 Å². The van der Waals surface area contributed by atoms with E-state index in [4.69, 9.17) is 9.47 Å². The largest absolute Gasteiger partial charge is 0.481 e. The van der Waals surface area contributed by atoms with Crippen molar-refractivity contribution in [3.8, 4) is 5.88 Å². The molecule has 1 rings (SSSR count). The highest BCUT2D eigenvalue weighted by Gasteiger charge is 2.13. The van der Waals surface area contributed by atoms with Crippen LogP contribution in [0.4, 0.5) is 0 Å². The van der Waals surface area contributed by atoms with Crippen LogP contribution in [0.15, 0.2) is 0 Å². The van der Waals surface area contributed by atoms with Crippen molar-refractivity contribution in [1.82, 2.24) is 15.1 Å². The molecule has 0 aromatic carbocycles. The van der Waals surface area contributed by atoms with Crippen molar-refractivity contribution in [2.24, 2.45) is 13.0 Å². The molecule has 0 aliphatic carbocycles. The lowest BCUT2D eigenvalue weighted by Crippen LogP contribution is -2.23. The molecule has 17 heavy (non-hydrogen) atoms. The molecule has 0 amide bonds. The lowest BCUT2D eigenvalue weighted by Gasteiger charge is -2.11. The van der Waals surface area contributed by atoms with E-state index in [1.807, 2.05) is 14.0 Å². The molecule has 0 spiro atoms. The molecule has 1 N–H and O–H groups in total. The summed E-state index contributed by atoms with van der Waals surface area (Å²) in [5.74, 6) is 1.33. The normalized spacial score (nSPS) is 12.8. The predicted octanol–water partition coefficient (Wildman–Crippen LogP) is 1.11. The molecule has 0 fully saturated rings. The first kappa shape index (κ1) is 14.0. The lowest BCUT2D eigenvalue weighted by atomic mass is 10.2. The topological polar surface area (TPSA) is 48.3 Å². The van der Waals surface area contributed by atoms with Gasteiger partial charge in [0.1, 0.15) is 0 Å². The van der Waals surface area contributed by atoms with E-state index >= 15 is 0 Å². The van der Waals surface area contributed by atoms with Crippen LogP contribution in [0.1, 0.15) is 18.2 Å². The maximum Gasteiger partial charge on any atom is 0.216 e. The molecule has 1 heterocycles. The zero-order valence-electron chi connectivity index (χ0n) is 11.4. The monoisotopic (exact) mass is 241 g/mol. The lowest BCUT2D eigenvalue weighted by molar-refractivity contribution is 0.158. The van der Waals surface area contributed by atoms with Crippen LogP contribution in [0.25, 0.3) is 0 Å². The molecule has 0 aliphatic heterocycles. The third kappa shape index (κ3) is 3.71. The molecular formula is C12H23N3O2. The Labute approximate surface area is 103 Å². The number of methoxy groups -OCH3 is 2. The maximum atomic E-state index is 5.34. The molecule has 1 unspecified atom stereocenters. The first-order valence-electron chi connectivity index (χ1n) is 5.86. The van der Waals surface area contributed by atoms with Crippen LogP contribution in [0.5, 0.6) is 5.88 Å². The fourth-order valence-corrected chi connectivity index (χ4v) is 1.93. The Bertz CT molecular complexity index is 350. The standard InChI is InChI=1S/C12H23N3O2/c1-9(8-16-4)6-13-7-11-10(2)14-15(3)12(11)17-5/h9,13H,6-8H2,1-5H3. The number of hydrogen-bond acceptors (Lipinski definition) is 4. The van der Waals surface area contributed by atoms with E-state index < -0.39 is 0 Å². The SMILES string of the molecule is COCC(C)CNCc1c(C)nn(C)c1OC. The Hall–Kier alpha value is -1.07. The Morgan fingerprint density at radius 3 is 2.71 bits per heavy atom. The number of aryl methyl sites for hydroxylation is 2. The highest BCUT2D eigenvalue weighted by Crippen LogP contribution is 2.20. The van der Waals surface area contributed by atoms with E-state index in [2.05, 4.69) is 17.3 Å². The Kier molecular flexibility index (Phi) is 5.44. The molecule has 5 heteroatoms. The van der Waals surface area contributed by atoms with Gasteiger partial charge >= 0.3 is 0 Å². The van der Waals surface area contributed by atoms with E-state index in [9.17, 15) is 0 Å². The highest BCUT2D eigenvalue weighted by atomic mass is 16.5. The predicted molar refractivity (Wildman–Crippen MR) is 67.2 cm³/mol. The van der Waals surface area contributed by atoms with Gasteiger partial charge < -0.3 is 14.8 Å². The van der Waals surface area contributed by atoms with Crippen LogP contribution >= 0.6 is 0 Å². The van der Waals surface area contributed by atoms with Crippen molar-refractivity contribution in [3.05, 3.63) is 11.3 Å². The summed E-state index contributed by atoms with van der Waals surface area (Å²) >= 11 is 0. The molecule has 0 saturated carbocycles. The van der Waals surface area contributed by atoms with Gasteiger partial charge in [-0.25, -0.2) is 4.68 Å². The van der Waals surface area contributed by atoms with Crippen molar-refractivity contribution in [1.29, 1.82) is 0 Å². The minimum Gasteiger partial charge on any atom is -0.481 e. The van der Waals surface area contributed by atoms with Gasteiger partial charge in [-0.05, 0) is 12.8 Å². The van der Waals surface area contributed by atoms with Crippen molar-refractivity contribution in [3.63, 3.8) is 0 Å². The van der Waals surface area contributed by atoms with E-state index in [1.165, 1.54) is 0 Å². The summed E-state index contributed by atoms with van der Waals surface area (Å²) < 4.78 is 12.2. The average Bonchev–Trinajstić information content (AvgIpc) is 2.54. The zero-order chi connectivity index (χ0) is 12.8. The summed E-state index contributed by atoms with van der Waals surface area (Å²) in [6.07, 6.45) is 0. The van der Waals surface area contributed by atoms with E-state index in [1.54, 1.807) is 18.9 Å². The van der Waals surface area contributed by atoms with Gasteiger partial charge in [0, 0.05) is 33.9 Å². The van der Waals surface area contributed by atoms with Gasteiger partial charge in [0.25, 0.3) is 0 Å². The summed E-state index contributed by atoms with van der Waals surface area (Å²) in [7, 11) is 5.29. The van der Waals surface area contributed by atoms with E-state index in [0.29, 0.717) is 5.92 Å². The van der Waals surface area contributed by atoms with Crippen molar-refractivity contribution >= 4 is 0 Å². The zero-order valence-corrected chi connectivity index (χ0v) is 11.4. The van der Waals surface area contributed by atoms with Crippen LogP contribution < -0.4 is 10.1 Å². The number of ether oxygens (including phenoxy) is 2. The third-order valence-corrected chi connectivity index (χ3v) is 2.73.